The highest BCUT2D eigenvalue weighted by molar-refractivity contribution is 9.10. The number of primary sulfonamides is 1. The number of halogens is 2. The zero-order valence-corrected chi connectivity index (χ0v) is 11.5. The zero-order chi connectivity index (χ0) is 13.5. The minimum Gasteiger partial charge on any atom is -0.300 e. The average Bonchev–Trinajstić information content (AvgIpc) is 2.60. The van der Waals surface area contributed by atoms with Gasteiger partial charge in [0, 0.05) is 11.5 Å². The monoisotopic (exact) mass is 334 g/mol. The Labute approximate surface area is 111 Å². The van der Waals surface area contributed by atoms with Crippen molar-refractivity contribution >= 4 is 26.0 Å². The lowest BCUT2D eigenvalue weighted by Crippen LogP contribution is -2.17. The molecule has 1 aromatic heterocycles. The molecule has 0 unspecified atom stereocenters. The highest BCUT2D eigenvalue weighted by Gasteiger charge is 2.22. The van der Waals surface area contributed by atoms with Gasteiger partial charge in [-0.05, 0) is 28.1 Å². The van der Waals surface area contributed by atoms with Crippen LogP contribution in [-0.2, 0) is 17.1 Å². The standard InChI is InChI=1S/C9H8BrFN4O2S/c1-15-8(13-14-9(15)18(12,16)17)7-5(10)3-2-4-6(7)11/h2-4H,1H3,(H2,12,16,17). The van der Waals surface area contributed by atoms with E-state index in [0.29, 0.717) is 4.47 Å². The Morgan fingerprint density at radius 2 is 2.06 bits per heavy atom. The predicted molar refractivity (Wildman–Crippen MR) is 65.5 cm³/mol. The van der Waals surface area contributed by atoms with Gasteiger partial charge in [-0.15, -0.1) is 10.2 Å². The third-order valence-electron chi connectivity index (χ3n) is 2.28. The largest absolute Gasteiger partial charge is 0.300 e. The van der Waals surface area contributed by atoms with Gasteiger partial charge < -0.3 is 0 Å². The molecule has 18 heavy (non-hydrogen) atoms. The summed E-state index contributed by atoms with van der Waals surface area (Å²) in [4.78, 5) is 0. The van der Waals surface area contributed by atoms with Crippen LogP contribution in [0.1, 0.15) is 0 Å². The molecule has 0 aliphatic carbocycles. The number of hydrogen-bond acceptors (Lipinski definition) is 4. The highest BCUT2D eigenvalue weighted by Crippen LogP contribution is 2.29. The van der Waals surface area contributed by atoms with E-state index in [1.165, 1.54) is 19.2 Å². The van der Waals surface area contributed by atoms with Gasteiger partial charge in [-0.2, -0.15) is 0 Å². The van der Waals surface area contributed by atoms with E-state index in [1.54, 1.807) is 6.07 Å². The molecular formula is C9H8BrFN4O2S. The summed E-state index contributed by atoms with van der Waals surface area (Å²) in [5, 5.41) is 11.7. The fourth-order valence-corrected chi connectivity index (χ4v) is 2.63. The summed E-state index contributed by atoms with van der Waals surface area (Å²) in [7, 11) is -2.60. The van der Waals surface area contributed by atoms with Crippen molar-refractivity contribution in [3.63, 3.8) is 0 Å². The number of aromatic nitrogens is 3. The van der Waals surface area contributed by atoms with E-state index in [1.807, 2.05) is 0 Å². The second kappa shape index (κ2) is 4.41. The van der Waals surface area contributed by atoms with Gasteiger partial charge in [0.1, 0.15) is 5.82 Å². The van der Waals surface area contributed by atoms with E-state index in [9.17, 15) is 12.8 Å². The maximum Gasteiger partial charge on any atom is 0.273 e. The first-order chi connectivity index (χ1) is 8.32. The third-order valence-corrected chi connectivity index (χ3v) is 3.80. The normalized spacial score (nSPS) is 11.8. The van der Waals surface area contributed by atoms with Crippen LogP contribution in [0.2, 0.25) is 0 Å². The maximum atomic E-state index is 13.7. The van der Waals surface area contributed by atoms with Gasteiger partial charge in [0.2, 0.25) is 0 Å². The van der Waals surface area contributed by atoms with Crippen molar-refractivity contribution in [2.45, 2.75) is 5.16 Å². The second-order valence-electron chi connectivity index (χ2n) is 3.51. The zero-order valence-electron chi connectivity index (χ0n) is 9.13. The van der Waals surface area contributed by atoms with Gasteiger partial charge in [-0.25, -0.2) is 17.9 Å². The summed E-state index contributed by atoms with van der Waals surface area (Å²) in [6.07, 6.45) is 0. The first kappa shape index (κ1) is 13.1. The fraction of sp³-hybridized carbons (Fsp3) is 0.111. The molecule has 0 bridgehead atoms. The van der Waals surface area contributed by atoms with Gasteiger partial charge >= 0.3 is 0 Å². The highest BCUT2D eigenvalue weighted by atomic mass is 79.9. The van der Waals surface area contributed by atoms with Gasteiger partial charge in [-0.1, -0.05) is 6.07 Å². The molecule has 0 saturated heterocycles. The predicted octanol–water partition coefficient (Wildman–Crippen LogP) is 1.03. The van der Waals surface area contributed by atoms with Crippen molar-refractivity contribution in [2.24, 2.45) is 12.2 Å². The van der Waals surface area contributed by atoms with Crippen LogP contribution in [0.4, 0.5) is 4.39 Å². The Morgan fingerprint density at radius 3 is 2.56 bits per heavy atom. The lowest BCUT2D eigenvalue weighted by molar-refractivity contribution is 0.580. The molecule has 2 N–H and O–H groups in total. The summed E-state index contributed by atoms with van der Waals surface area (Å²) in [5.41, 5.74) is 0.127. The van der Waals surface area contributed by atoms with Gasteiger partial charge in [0.15, 0.2) is 5.82 Å². The van der Waals surface area contributed by atoms with Gasteiger partial charge in [0.25, 0.3) is 15.2 Å². The van der Waals surface area contributed by atoms with E-state index in [4.69, 9.17) is 5.14 Å². The number of rotatable bonds is 2. The molecule has 2 rings (SSSR count). The van der Waals surface area contributed by atoms with Gasteiger partial charge in [-0.3, -0.25) is 4.57 Å². The average molecular weight is 335 g/mol. The van der Waals surface area contributed by atoms with Crippen molar-refractivity contribution in [1.29, 1.82) is 0 Å². The number of hydrogen-bond donors (Lipinski definition) is 1. The minimum absolute atomic E-state index is 0.0731. The molecule has 2 aromatic rings. The molecule has 0 amide bonds. The number of sulfonamides is 1. The van der Waals surface area contributed by atoms with Crippen molar-refractivity contribution in [2.75, 3.05) is 0 Å². The number of nitrogens with zero attached hydrogens (tertiary/aromatic N) is 3. The lowest BCUT2D eigenvalue weighted by Gasteiger charge is -2.05. The molecule has 9 heteroatoms. The SMILES string of the molecule is Cn1c(-c2c(F)cccc2Br)nnc1S(N)(=O)=O. The molecule has 6 nitrogen and oxygen atoms in total. The topological polar surface area (TPSA) is 90.9 Å². The Morgan fingerprint density at radius 1 is 1.39 bits per heavy atom. The number of nitrogens with two attached hydrogens (primary N) is 1. The molecule has 96 valence electrons. The van der Waals surface area contributed by atoms with E-state index in [2.05, 4.69) is 26.1 Å². The van der Waals surface area contributed by atoms with E-state index >= 15 is 0 Å². The van der Waals surface area contributed by atoms with Crippen LogP contribution in [0.3, 0.4) is 0 Å². The first-order valence-corrected chi connectivity index (χ1v) is 7.03. The molecule has 0 fully saturated rings. The number of benzene rings is 1. The summed E-state index contributed by atoms with van der Waals surface area (Å²) in [5.74, 6) is -0.468. The summed E-state index contributed by atoms with van der Waals surface area (Å²) in [6, 6.07) is 4.37. The van der Waals surface area contributed by atoms with Crippen LogP contribution in [0.15, 0.2) is 27.8 Å². The Kier molecular flexibility index (Phi) is 3.21. The second-order valence-corrected chi connectivity index (χ2v) is 5.82. The first-order valence-electron chi connectivity index (χ1n) is 4.69. The Hall–Kier alpha value is -1.32. The molecule has 0 aliphatic rings. The van der Waals surface area contributed by atoms with E-state index in [0.717, 1.165) is 4.57 Å². The van der Waals surface area contributed by atoms with Crippen LogP contribution >= 0.6 is 15.9 Å². The van der Waals surface area contributed by atoms with Crippen molar-refractivity contribution in [3.05, 3.63) is 28.5 Å². The summed E-state index contributed by atoms with van der Waals surface area (Å²) < 4.78 is 37.7. The minimum atomic E-state index is -3.99. The molecule has 0 radical (unpaired) electrons. The molecular weight excluding hydrogens is 327 g/mol. The van der Waals surface area contributed by atoms with Gasteiger partial charge in [0.05, 0.1) is 5.56 Å². The van der Waals surface area contributed by atoms with Crippen LogP contribution < -0.4 is 5.14 Å². The molecule has 0 atom stereocenters. The van der Waals surface area contributed by atoms with Crippen LogP contribution in [0.5, 0.6) is 0 Å². The Bertz CT molecular complexity index is 693. The molecule has 1 heterocycles. The lowest BCUT2D eigenvalue weighted by atomic mass is 10.2. The molecule has 1 aromatic carbocycles. The van der Waals surface area contributed by atoms with Crippen molar-refractivity contribution in [1.82, 2.24) is 14.8 Å². The van der Waals surface area contributed by atoms with E-state index in [-0.39, 0.29) is 11.4 Å². The van der Waals surface area contributed by atoms with Crippen LogP contribution in [0, 0.1) is 5.82 Å². The molecule has 0 aliphatic heterocycles. The maximum absolute atomic E-state index is 13.7. The third kappa shape index (κ3) is 2.16. The smallest absolute Gasteiger partial charge is 0.273 e. The quantitative estimate of drug-likeness (QED) is 0.887. The Balaban J connectivity index is 2.71. The molecule has 0 saturated carbocycles. The van der Waals surface area contributed by atoms with Crippen LogP contribution in [-0.4, -0.2) is 23.2 Å². The summed E-state index contributed by atoms with van der Waals surface area (Å²) in [6.45, 7) is 0. The van der Waals surface area contributed by atoms with E-state index < -0.39 is 21.0 Å². The molecule has 0 spiro atoms. The summed E-state index contributed by atoms with van der Waals surface area (Å²) >= 11 is 3.18. The fourth-order valence-electron chi connectivity index (χ4n) is 1.49. The van der Waals surface area contributed by atoms with Crippen molar-refractivity contribution in [3.8, 4) is 11.4 Å². The van der Waals surface area contributed by atoms with Crippen molar-refractivity contribution < 1.29 is 12.8 Å². The van der Waals surface area contributed by atoms with Crippen LogP contribution in [0.25, 0.3) is 11.4 Å².